The number of hydrogen-bond donors (Lipinski definition) is 0. The lowest BCUT2D eigenvalue weighted by atomic mass is 9.72. The SMILES string of the molecule is CC[C@@H](CC(=O)c1ccc(OC)nc1)C1CCC(c2cccc(=O)n2C)CC1.CC[C@@H](CC(=O)c1ccc(OC)nc1)C1CCC(c2cccc(=O)n2C)CC1.CC[C@H](CC(=O)c1ccc(OC)nc1)C1CCC(c2cccc(=O)n2C)CC1.CC[C@H](CC(=O)c1ccc(OC)nc1)C1CCC(c2cccc(=O)n2C)CC1. The van der Waals surface area contributed by atoms with Gasteiger partial charge in [0.1, 0.15) is 0 Å². The Morgan fingerprint density at radius 3 is 0.643 bits per heavy atom. The molecule has 12 rings (SSSR count). The zero-order chi connectivity index (χ0) is 80.4. The first-order valence-electron chi connectivity index (χ1n) is 40.9. The minimum atomic E-state index is 0.0600. The van der Waals surface area contributed by atoms with Gasteiger partial charge in [-0.3, -0.25) is 38.4 Å². The molecule has 8 aromatic heterocycles. The van der Waals surface area contributed by atoms with Gasteiger partial charge < -0.3 is 37.2 Å². The number of aromatic nitrogens is 8. The summed E-state index contributed by atoms with van der Waals surface area (Å²) >= 11 is 0. The highest BCUT2D eigenvalue weighted by Gasteiger charge is 2.35. The maximum absolute atomic E-state index is 12.7. The summed E-state index contributed by atoms with van der Waals surface area (Å²) in [5.74, 6) is 8.36. The normalized spacial score (nSPS) is 20.5. The first-order chi connectivity index (χ1) is 54.1. The smallest absolute Gasteiger partial charge is 0.250 e. The quantitative estimate of drug-likeness (QED) is 0.0414. The monoisotopic (exact) mass is 1530 g/mol. The van der Waals surface area contributed by atoms with Gasteiger partial charge in [-0.05, 0) is 222 Å². The largest absolute Gasteiger partial charge is 0.481 e. The highest BCUT2D eigenvalue weighted by molar-refractivity contribution is 5.97. The van der Waals surface area contributed by atoms with Gasteiger partial charge in [0.25, 0.3) is 0 Å². The molecule has 0 spiro atoms. The topological polar surface area (TPSA) is 245 Å². The number of nitrogens with zero attached hydrogens (tertiary/aromatic N) is 8. The van der Waals surface area contributed by atoms with E-state index in [2.05, 4.69) is 71.9 Å². The van der Waals surface area contributed by atoms with E-state index in [1.54, 1.807) is 144 Å². The molecule has 4 fully saturated rings. The molecule has 0 aliphatic heterocycles. The summed E-state index contributed by atoms with van der Waals surface area (Å²) in [6.07, 6.45) is 30.3. The molecule has 112 heavy (non-hydrogen) atoms. The molecule has 4 aliphatic rings. The first-order valence-corrected chi connectivity index (χ1v) is 40.9. The number of rotatable bonds is 28. The summed E-state index contributed by atoms with van der Waals surface area (Å²) in [6, 6.07) is 36.3. The third-order valence-corrected chi connectivity index (χ3v) is 25.3. The van der Waals surface area contributed by atoms with Gasteiger partial charge in [0.15, 0.2) is 23.1 Å². The molecular formula is C92H120N8O12. The Bertz CT molecular complexity index is 3980. The zero-order valence-electron chi connectivity index (χ0n) is 68.2. The van der Waals surface area contributed by atoms with Crippen LogP contribution in [0.3, 0.4) is 0 Å². The van der Waals surface area contributed by atoms with Crippen LogP contribution in [0.5, 0.6) is 23.5 Å². The van der Waals surface area contributed by atoms with E-state index in [1.807, 2.05) is 52.5 Å². The second-order valence-electron chi connectivity index (χ2n) is 31.4. The van der Waals surface area contributed by atoms with Crippen molar-refractivity contribution in [2.45, 2.75) is 205 Å². The van der Waals surface area contributed by atoms with Crippen LogP contribution in [0.15, 0.2) is 165 Å². The Morgan fingerprint density at radius 2 is 0.491 bits per heavy atom. The second kappa shape index (κ2) is 42.8. The van der Waals surface area contributed by atoms with Crippen LogP contribution in [-0.2, 0) is 28.2 Å². The molecule has 0 saturated heterocycles. The molecule has 20 nitrogen and oxygen atoms in total. The highest BCUT2D eigenvalue weighted by atomic mass is 16.5. The van der Waals surface area contributed by atoms with Gasteiger partial charge in [0, 0.05) is 172 Å². The second-order valence-corrected chi connectivity index (χ2v) is 31.4. The fraction of sp³-hybridized carbons (Fsp3) is 0.522. The molecule has 4 saturated carbocycles. The van der Waals surface area contributed by atoms with Gasteiger partial charge in [0.05, 0.1) is 28.4 Å². The van der Waals surface area contributed by atoms with Crippen molar-refractivity contribution >= 4 is 23.1 Å². The number of hydrogen-bond acceptors (Lipinski definition) is 16. The van der Waals surface area contributed by atoms with Crippen molar-refractivity contribution in [2.24, 2.45) is 75.5 Å². The molecule has 20 heteroatoms. The van der Waals surface area contributed by atoms with E-state index in [0.29, 0.717) is 142 Å². The molecule has 4 atom stereocenters. The van der Waals surface area contributed by atoms with Crippen molar-refractivity contribution in [1.29, 1.82) is 0 Å². The Labute approximate surface area is 661 Å². The van der Waals surface area contributed by atoms with E-state index >= 15 is 0 Å². The predicted molar refractivity (Wildman–Crippen MR) is 440 cm³/mol. The van der Waals surface area contributed by atoms with Crippen LogP contribution >= 0.6 is 0 Å². The molecule has 0 bridgehead atoms. The lowest BCUT2D eigenvalue weighted by Gasteiger charge is -2.34. The maximum Gasteiger partial charge on any atom is 0.250 e. The van der Waals surface area contributed by atoms with Crippen molar-refractivity contribution in [3.05, 3.63) is 233 Å². The molecule has 4 aliphatic carbocycles. The van der Waals surface area contributed by atoms with E-state index in [4.69, 9.17) is 18.9 Å². The predicted octanol–water partition coefficient (Wildman–Crippen LogP) is 17.4. The lowest BCUT2D eigenvalue weighted by Crippen LogP contribution is -2.26. The summed E-state index contributed by atoms with van der Waals surface area (Å²) in [6.45, 7) is 8.71. The average molecular weight is 1530 g/mol. The van der Waals surface area contributed by atoms with Crippen LogP contribution in [-0.4, -0.2) is 89.8 Å². The Morgan fingerprint density at radius 1 is 0.304 bits per heavy atom. The van der Waals surface area contributed by atoms with Gasteiger partial charge in [-0.15, -0.1) is 0 Å². The molecular weight excluding hydrogens is 1410 g/mol. The number of carbonyl (C=O) groups is 4. The average Bonchev–Trinajstić information content (AvgIpc) is 0.829. The van der Waals surface area contributed by atoms with Gasteiger partial charge in [-0.2, -0.15) is 0 Å². The summed E-state index contributed by atoms with van der Waals surface area (Å²) < 4.78 is 27.4. The number of pyridine rings is 8. The molecule has 600 valence electrons. The minimum Gasteiger partial charge on any atom is -0.481 e. The van der Waals surface area contributed by atoms with Crippen molar-refractivity contribution in [1.82, 2.24) is 38.2 Å². The standard InChI is InChI=1S/4C23H30N2O3/c4*1-4-16(14-21(26)19-12-13-22(28-3)24-15-19)17-8-10-18(11-9-17)20-6-5-7-23(27)25(20)2/h4*5-7,12-13,15-18H,4,8-11,14H2,1-3H3/t4*16-,17?,18?/m1100/s1. The summed E-state index contributed by atoms with van der Waals surface area (Å²) in [5.41, 5.74) is 7.43. The fourth-order valence-electron chi connectivity index (χ4n) is 18.2. The van der Waals surface area contributed by atoms with Crippen molar-refractivity contribution in [3.8, 4) is 23.5 Å². The van der Waals surface area contributed by atoms with E-state index in [9.17, 15) is 38.4 Å². The fourth-order valence-corrected chi connectivity index (χ4v) is 18.2. The molecule has 8 aromatic rings. The van der Waals surface area contributed by atoms with Crippen molar-refractivity contribution in [3.63, 3.8) is 0 Å². The van der Waals surface area contributed by atoms with Crippen LogP contribution in [0.4, 0.5) is 0 Å². The van der Waals surface area contributed by atoms with E-state index in [0.717, 1.165) is 151 Å². The number of ketones is 4. The van der Waals surface area contributed by atoms with Crippen LogP contribution in [0.2, 0.25) is 0 Å². The summed E-state index contributed by atoms with van der Waals surface area (Å²) in [5, 5.41) is 0. The molecule has 0 N–H and O–H groups in total. The molecule has 0 amide bonds. The third kappa shape index (κ3) is 23.2. The number of methoxy groups -OCH3 is 4. The summed E-state index contributed by atoms with van der Waals surface area (Å²) in [4.78, 5) is 115. The Kier molecular flexibility index (Phi) is 33.0. The van der Waals surface area contributed by atoms with Gasteiger partial charge >= 0.3 is 0 Å². The van der Waals surface area contributed by atoms with Gasteiger partial charge in [0.2, 0.25) is 45.8 Å². The summed E-state index contributed by atoms with van der Waals surface area (Å²) in [7, 11) is 13.7. The van der Waals surface area contributed by atoms with Crippen LogP contribution in [0, 0.1) is 47.3 Å². The van der Waals surface area contributed by atoms with Crippen molar-refractivity contribution < 1.29 is 38.1 Å². The Hall–Kier alpha value is -9.72. The Balaban J connectivity index is 0.000000171. The van der Waals surface area contributed by atoms with Crippen LogP contribution in [0.1, 0.15) is 270 Å². The van der Waals surface area contributed by atoms with Gasteiger partial charge in [-0.1, -0.05) is 77.6 Å². The van der Waals surface area contributed by atoms with Crippen LogP contribution < -0.4 is 41.2 Å². The zero-order valence-corrected chi connectivity index (χ0v) is 68.2. The highest BCUT2D eigenvalue weighted by Crippen LogP contribution is 2.45. The number of Topliss-reactive ketones (excluding diaryl/α,β-unsaturated/α-hetero) is 4. The van der Waals surface area contributed by atoms with E-state index in [1.165, 1.54) is 0 Å². The maximum atomic E-state index is 12.7. The number of ether oxygens (including phenoxy) is 4. The van der Waals surface area contributed by atoms with E-state index in [-0.39, 0.29) is 45.4 Å². The van der Waals surface area contributed by atoms with Crippen molar-refractivity contribution in [2.75, 3.05) is 28.4 Å². The van der Waals surface area contributed by atoms with Crippen LogP contribution in [0.25, 0.3) is 0 Å². The van der Waals surface area contributed by atoms with E-state index < -0.39 is 0 Å². The molecule has 0 aromatic carbocycles. The number of carbonyl (C=O) groups excluding carboxylic acids is 4. The minimum absolute atomic E-state index is 0.0600. The van der Waals surface area contributed by atoms with Gasteiger partial charge in [-0.25, -0.2) is 19.9 Å². The first kappa shape index (κ1) is 86.3. The molecule has 0 unspecified atom stereocenters. The lowest BCUT2D eigenvalue weighted by molar-refractivity contribution is 0.0917. The molecule has 8 heterocycles. The molecule has 0 radical (unpaired) electrons. The third-order valence-electron chi connectivity index (χ3n) is 25.3.